The normalized spacial score (nSPS) is 18.6. The van der Waals surface area contributed by atoms with Gasteiger partial charge in [0.05, 0.1) is 5.41 Å². The third-order valence-corrected chi connectivity index (χ3v) is 3.84. The van der Waals surface area contributed by atoms with E-state index in [1.165, 1.54) is 0 Å². The number of nitrogens with zero attached hydrogens (tertiary/aromatic N) is 1. The molecule has 0 aromatic heterocycles. The van der Waals surface area contributed by atoms with Gasteiger partial charge in [-0.2, -0.15) is 13.2 Å². The van der Waals surface area contributed by atoms with E-state index in [1.54, 1.807) is 0 Å². The van der Waals surface area contributed by atoms with Crippen molar-refractivity contribution in [2.45, 2.75) is 51.6 Å². The number of carbonyl (C=O) groups excluding carboxylic acids is 1. The van der Waals surface area contributed by atoms with E-state index < -0.39 is 24.0 Å². The summed E-state index contributed by atoms with van der Waals surface area (Å²) in [6.45, 7) is 1.04. The molecular weight excluding hydrogens is 257 g/mol. The molecule has 1 fully saturated rings. The molecule has 1 saturated carbocycles. The summed E-state index contributed by atoms with van der Waals surface area (Å²) in [7, 11) is 0. The predicted molar refractivity (Wildman–Crippen MR) is 67.5 cm³/mol. The van der Waals surface area contributed by atoms with Crippen molar-refractivity contribution < 1.29 is 18.0 Å². The second kappa shape index (κ2) is 6.59. The lowest BCUT2D eigenvalue weighted by Crippen LogP contribution is -2.49. The third-order valence-electron chi connectivity index (χ3n) is 3.84. The summed E-state index contributed by atoms with van der Waals surface area (Å²) in [5.41, 5.74) is 4.92. The maximum atomic E-state index is 12.6. The van der Waals surface area contributed by atoms with Crippen LogP contribution in [0.1, 0.15) is 45.4 Å². The van der Waals surface area contributed by atoms with Gasteiger partial charge in [0.15, 0.2) is 0 Å². The summed E-state index contributed by atoms with van der Waals surface area (Å²) >= 11 is 0. The molecule has 0 aliphatic heterocycles. The number of rotatable bonds is 6. The molecule has 0 bridgehead atoms. The second-order valence-corrected chi connectivity index (χ2v) is 5.39. The fourth-order valence-electron chi connectivity index (χ4n) is 2.71. The lowest BCUT2D eigenvalue weighted by atomic mass is 9.84. The van der Waals surface area contributed by atoms with Crippen molar-refractivity contribution >= 4 is 5.91 Å². The van der Waals surface area contributed by atoms with Gasteiger partial charge in [0, 0.05) is 13.1 Å². The molecule has 0 aromatic carbocycles. The smallest absolute Gasteiger partial charge is 0.333 e. The molecule has 1 rings (SSSR count). The van der Waals surface area contributed by atoms with Crippen molar-refractivity contribution in [3.05, 3.63) is 0 Å². The number of halogens is 3. The first-order chi connectivity index (χ1) is 8.84. The zero-order chi connectivity index (χ0) is 14.5. The lowest BCUT2D eigenvalue weighted by Gasteiger charge is -2.34. The Labute approximate surface area is 112 Å². The van der Waals surface area contributed by atoms with E-state index in [0.717, 1.165) is 24.2 Å². The Balaban J connectivity index is 2.80. The maximum absolute atomic E-state index is 12.6. The van der Waals surface area contributed by atoms with Crippen LogP contribution in [0.25, 0.3) is 0 Å². The lowest BCUT2D eigenvalue weighted by molar-refractivity contribution is -0.167. The SMILES string of the molecule is CCCCN(CC(F)(F)F)C(=O)C1(CN)CCCC1. The van der Waals surface area contributed by atoms with Crippen LogP contribution in [0.4, 0.5) is 13.2 Å². The summed E-state index contributed by atoms with van der Waals surface area (Å²) in [5, 5.41) is 0. The minimum Gasteiger partial charge on any atom is -0.333 e. The monoisotopic (exact) mass is 280 g/mol. The molecule has 0 unspecified atom stereocenters. The number of carbonyl (C=O) groups is 1. The molecule has 0 aromatic rings. The first-order valence-corrected chi connectivity index (χ1v) is 6.91. The molecule has 0 spiro atoms. The molecular formula is C13H23F3N2O. The molecule has 0 atom stereocenters. The van der Waals surface area contributed by atoms with Gasteiger partial charge in [-0.3, -0.25) is 4.79 Å². The average Bonchev–Trinajstić information content (AvgIpc) is 2.82. The van der Waals surface area contributed by atoms with Crippen LogP contribution in [0.5, 0.6) is 0 Å². The van der Waals surface area contributed by atoms with Gasteiger partial charge in [-0.1, -0.05) is 26.2 Å². The second-order valence-electron chi connectivity index (χ2n) is 5.39. The van der Waals surface area contributed by atoms with Gasteiger partial charge < -0.3 is 10.6 Å². The van der Waals surface area contributed by atoms with Gasteiger partial charge in [0.1, 0.15) is 6.54 Å². The molecule has 2 N–H and O–H groups in total. The van der Waals surface area contributed by atoms with Gasteiger partial charge in [0.2, 0.25) is 5.91 Å². The van der Waals surface area contributed by atoms with Crippen LogP contribution in [-0.2, 0) is 4.79 Å². The van der Waals surface area contributed by atoms with Crippen molar-refractivity contribution in [1.29, 1.82) is 0 Å². The minimum absolute atomic E-state index is 0.145. The fraction of sp³-hybridized carbons (Fsp3) is 0.923. The Hall–Kier alpha value is -0.780. The van der Waals surface area contributed by atoms with Crippen molar-refractivity contribution in [2.75, 3.05) is 19.6 Å². The first kappa shape index (κ1) is 16.3. The zero-order valence-corrected chi connectivity index (χ0v) is 11.4. The van der Waals surface area contributed by atoms with E-state index in [0.29, 0.717) is 19.3 Å². The number of amides is 1. The van der Waals surface area contributed by atoms with Crippen LogP contribution in [-0.4, -0.2) is 36.6 Å². The number of hydrogen-bond donors (Lipinski definition) is 1. The maximum Gasteiger partial charge on any atom is 0.406 e. The van der Waals surface area contributed by atoms with Crippen LogP contribution in [0.3, 0.4) is 0 Å². The number of hydrogen-bond acceptors (Lipinski definition) is 2. The largest absolute Gasteiger partial charge is 0.406 e. The van der Waals surface area contributed by atoms with Crippen molar-refractivity contribution in [3.63, 3.8) is 0 Å². The fourth-order valence-corrected chi connectivity index (χ4v) is 2.71. The zero-order valence-electron chi connectivity index (χ0n) is 11.4. The third kappa shape index (κ3) is 4.37. The van der Waals surface area contributed by atoms with Gasteiger partial charge >= 0.3 is 6.18 Å². The highest BCUT2D eigenvalue weighted by atomic mass is 19.4. The Morgan fingerprint density at radius 3 is 2.32 bits per heavy atom. The molecule has 3 nitrogen and oxygen atoms in total. The molecule has 0 heterocycles. The number of unbranched alkanes of at least 4 members (excludes halogenated alkanes) is 1. The molecule has 0 radical (unpaired) electrons. The van der Waals surface area contributed by atoms with Gasteiger partial charge in [-0.25, -0.2) is 0 Å². The summed E-state index contributed by atoms with van der Waals surface area (Å²) in [5.74, 6) is -0.404. The minimum atomic E-state index is -4.35. The quantitative estimate of drug-likeness (QED) is 0.813. The number of nitrogens with two attached hydrogens (primary N) is 1. The molecule has 1 aliphatic rings. The van der Waals surface area contributed by atoms with E-state index in [4.69, 9.17) is 5.73 Å². The molecule has 19 heavy (non-hydrogen) atoms. The van der Waals surface area contributed by atoms with E-state index in [2.05, 4.69) is 0 Å². The summed E-state index contributed by atoms with van der Waals surface area (Å²) < 4.78 is 37.8. The summed E-state index contributed by atoms with van der Waals surface area (Å²) in [6.07, 6.45) is -0.0314. The van der Waals surface area contributed by atoms with Gasteiger partial charge in [-0.15, -0.1) is 0 Å². The molecule has 1 amide bonds. The van der Waals surface area contributed by atoms with Crippen LogP contribution in [0, 0.1) is 5.41 Å². The van der Waals surface area contributed by atoms with Crippen molar-refractivity contribution in [2.24, 2.45) is 11.1 Å². The van der Waals surface area contributed by atoms with E-state index >= 15 is 0 Å². The highest BCUT2D eigenvalue weighted by Gasteiger charge is 2.44. The summed E-state index contributed by atoms with van der Waals surface area (Å²) in [6, 6.07) is 0. The first-order valence-electron chi connectivity index (χ1n) is 6.91. The van der Waals surface area contributed by atoms with Crippen LogP contribution < -0.4 is 5.73 Å². The van der Waals surface area contributed by atoms with Crippen LogP contribution in [0.2, 0.25) is 0 Å². The Morgan fingerprint density at radius 1 is 1.32 bits per heavy atom. The van der Waals surface area contributed by atoms with E-state index in [9.17, 15) is 18.0 Å². The predicted octanol–water partition coefficient (Wildman–Crippen LogP) is 2.70. The van der Waals surface area contributed by atoms with Crippen molar-refractivity contribution in [3.8, 4) is 0 Å². The van der Waals surface area contributed by atoms with Gasteiger partial charge in [0.25, 0.3) is 0 Å². The summed E-state index contributed by atoms with van der Waals surface area (Å²) in [4.78, 5) is 13.4. The Kier molecular flexibility index (Phi) is 5.64. The standard InChI is InChI=1S/C13H23F3N2O/c1-2-3-8-18(10-13(14,15)16)11(19)12(9-17)6-4-5-7-12/h2-10,17H2,1H3. The topological polar surface area (TPSA) is 46.3 Å². The van der Waals surface area contributed by atoms with Crippen LogP contribution >= 0.6 is 0 Å². The highest BCUT2D eigenvalue weighted by molar-refractivity contribution is 5.83. The van der Waals surface area contributed by atoms with Crippen molar-refractivity contribution in [1.82, 2.24) is 4.90 Å². The highest BCUT2D eigenvalue weighted by Crippen LogP contribution is 2.39. The molecule has 1 aliphatic carbocycles. The molecule has 6 heteroatoms. The van der Waals surface area contributed by atoms with Crippen LogP contribution in [0.15, 0.2) is 0 Å². The van der Waals surface area contributed by atoms with E-state index in [1.807, 2.05) is 6.92 Å². The average molecular weight is 280 g/mol. The Morgan fingerprint density at radius 2 is 1.89 bits per heavy atom. The van der Waals surface area contributed by atoms with Gasteiger partial charge in [-0.05, 0) is 19.3 Å². The number of alkyl halides is 3. The molecule has 112 valence electrons. The molecule has 0 saturated heterocycles. The Bertz CT molecular complexity index is 299. The van der Waals surface area contributed by atoms with E-state index in [-0.39, 0.29) is 13.1 Å².